The summed E-state index contributed by atoms with van der Waals surface area (Å²) in [6.07, 6.45) is 1.18. The van der Waals surface area contributed by atoms with Gasteiger partial charge in [0, 0.05) is 15.6 Å². The van der Waals surface area contributed by atoms with Gasteiger partial charge in [-0.25, -0.2) is 4.98 Å². The molecular weight excluding hydrogens is 334 g/mol. The van der Waals surface area contributed by atoms with Crippen LogP contribution in [0.25, 0.3) is 0 Å². The highest BCUT2D eigenvalue weighted by Gasteiger charge is 2.12. The molecule has 0 radical (unpaired) electrons. The van der Waals surface area contributed by atoms with Crippen LogP contribution in [0.2, 0.25) is 5.02 Å². The SMILES string of the molecule is CC(O)c1ccc(Br)cc1Sc1ncccc1Cl. The number of hydrogen-bond donors (Lipinski definition) is 1. The molecule has 94 valence electrons. The summed E-state index contributed by atoms with van der Waals surface area (Å²) in [4.78, 5) is 5.18. The second-order valence-electron chi connectivity index (χ2n) is 3.75. The van der Waals surface area contributed by atoms with Crippen molar-refractivity contribution in [3.05, 3.63) is 51.6 Å². The van der Waals surface area contributed by atoms with Gasteiger partial charge in [0.2, 0.25) is 0 Å². The van der Waals surface area contributed by atoms with Crippen LogP contribution in [0.3, 0.4) is 0 Å². The Bertz CT molecular complexity index is 562. The Labute approximate surface area is 124 Å². The van der Waals surface area contributed by atoms with Crippen molar-refractivity contribution >= 4 is 39.3 Å². The van der Waals surface area contributed by atoms with Crippen LogP contribution >= 0.6 is 39.3 Å². The lowest BCUT2D eigenvalue weighted by Gasteiger charge is -2.12. The molecule has 0 aliphatic carbocycles. The Kier molecular flexibility index (Phi) is 4.67. The van der Waals surface area contributed by atoms with Crippen LogP contribution in [-0.4, -0.2) is 10.1 Å². The molecule has 0 spiro atoms. The van der Waals surface area contributed by atoms with Gasteiger partial charge in [0.25, 0.3) is 0 Å². The number of benzene rings is 1. The maximum atomic E-state index is 9.76. The quantitative estimate of drug-likeness (QED) is 0.876. The number of pyridine rings is 1. The van der Waals surface area contributed by atoms with Crippen LogP contribution in [0.1, 0.15) is 18.6 Å². The Morgan fingerprint density at radius 1 is 1.39 bits per heavy atom. The Hall–Kier alpha value is -0.550. The zero-order chi connectivity index (χ0) is 13.1. The summed E-state index contributed by atoms with van der Waals surface area (Å²) in [6, 6.07) is 9.36. The van der Waals surface area contributed by atoms with Gasteiger partial charge in [-0.1, -0.05) is 45.4 Å². The summed E-state index contributed by atoms with van der Waals surface area (Å²) >= 11 is 11.0. The molecule has 0 bridgehead atoms. The van der Waals surface area contributed by atoms with E-state index >= 15 is 0 Å². The molecule has 1 unspecified atom stereocenters. The number of hydrogen-bond acceptors (Lipinski definition) is 3. The minimum Gasteiger partial charge on any atom is -0.389 e. The van der Waals surface area contributed by atoms with Crippen molar-refractivity contribution in [3.8, 4) is 0 Å². The van der Waals surface area contributed by atoms with Crippen LogP contribution in [0.15, 0.2) is 50.9 Å². The van der Waals surface area contributed by atoms with E-state index in [9.17, 15) is 5.11 Å². The maximum Gasteiger partial charge on any atom is 0.119 e. The van der Waals surface area contributed by atoms with E-state index in [1.54, 1.807) is 25.3 Å². The third kappa shape index (κ3) is 3.26. The first-order valence-corrected chi connectivity index (χ1v) is 7.32. The molecule has 1 aromatic heterocycles. The van der Waals surface area contributed by atoms with Gasteiger partial charge in [-0.05, 0) is 36.8 Å². The van der Waals surface area contributed by atoms with Gasteiger partial charge in [-0.3, -0.25) is 0 Å². The van der Waals surface area contributed by atoms with Gasteiger partial charge in [0.05, 0.1) is 11.1 Å². The fraction of sp³-hybridized carbons (Fsp3) is 0.154. The largest absolute Gasteiger partial charge is 0.389 e. The normalized spacial score (nSPS) is 12.4. The molecular formula is C13H11BrClNOS. The predicted molar refractivity (Wildman–Crippen MR) is 78.1 cm³/mol. The van der Waals surface area contributed by atoms with Crippen LogP contribution in [0.4, 0.5) is 0 Å². The number of halogens is 2. The highest BCUT2D eigenvalue weighted by atomic mass is 79.9. The third-order valence-electron chi connectivity index (χ3n) is 2.36. The summed E-state index contributed by atoms with van der Waals surface area (Å²) in [6.45, 7) is 1.74. The van der Waals surface area contributed by atoms with Gasteiger partial charge in [-0.15, -0.1) is 0 Å². The molecule has 0 fully saturated rings. The molecule has 1 N–H and O–H groups in total. The molecule has 1 atom stereocenters. The number of aliphatic hydroxyl groups is 1. The first-order valence-electron chi connectivity index (χ1n) is 5.34. The number of aromatic nitrogens is 1. The van der Waals surface area contributed by atoms with Crippen molar-refractivity contribution in [1.82, 2.24) is 4.98 Å². The summed E-state index contributed by atoms with van der Waals surface area (Å²) in [5.41, 5.74) is 0.866. The molecule has 5 heteroatoms. The molecule has 0 aliphatic heterocycles. The smallest absolute Gasteiger partial charge is 0.119 e. The number of rotatable bonds is 3. The lowest BCUT2D eigenvalue weighted by molar-refractivity contribution is 0.196. The van der Waals surface area contributed by atoms with Crippen molar-refractivity contribution in [1.29, 1.82) is 0 Å². The monoisotopic (exact) mass is 343 g/mol. The zero-order valence-corrected chi connectivity index (χ0v) is 12.8. The minimum atomic E-state index is -0.525. The minimum absolute atomic E-state index is 0.525. The molecule has 2 nitrogen and oxygen atoms in total. The number of nitrogens with zero attached hydrogens (tertiary/aromatic N) is 1. The molecule has 0 saturated heterocycles. The standard InChI is InChI=1S/C13H11BrClNOS/c1-8(17)10-5-4-9(14)7-12(10)18-13-11(15)3-2-6-16-13/h2-8,17H,1H3. The number of aliphatic hydroxyl groups excluding tert-OH is 1. The molecule has 1 heterocycles. The summed E-state index contributed by atoms with van der Waals surface area (Å²) in [5, 5.41) is 11.1. The Balaban J connectivity index is 2.39. The van der Waals surface area contributed by atoms with Crippen molar-refractivity contribution in [2.45, 2.75) is 22.9 Å². The van der Waals surface area contributed by atoms with E-state index in [4.69, 9.17) is 11.6 Å². The Morgan fingerprint density at radius 3 is 2.83 bits per heavy atom. The molecule has 0 aliphatic rings. The van der Waals surface area contributed by atoms with E-state index in [-0.39, 0.29) is 0 Å². The van der Waals surface area contributed by atoms with Crippen molar-refractivity contribution in [2.24, 2.45) is 0 Å². The van der Waals surface area contributed by atoms with Gasteiger partial charge in [0.1, 0.15) is 5.03 Å². The lowest BCUT2D eigenvalue weighted by atomic mass is 10.1. The Morgan fingerprint density at radius 2 is 2.17 bits per heavy atom. The molecule has 0 amide bonds. The van der Waals surface area contributed by atoms with Crippen LogP contribution in [0, 0.1) is 0 Å². The topological polar surface area (TPSA) is 33.1 Å². The first kappa shape index (κ1) is 13.9. The van der Waals surface area contributed by atoms with Gasteiger partial charge in [0.15, 0.2) is 0 Å². The predicted octanol–water partition coefficient (Wildman–Crippen LogP) is 4.70. The molecule has 2 aromatic rings. The van der Waals surface area contributed by atoms with E-state index in [1.165, 1.54) is 11.8 Å². The van der Waals surface area contributed by atoms with E-state index in [0.29, 0.717) is 5.02 Å². The van der Waals surface area contributed by atoms with Crippen molar-refractivity contribution in [2.75, 3.05) is 0 Å². The van der Waals surface area contributed by atoms with Crippen LogP contribution in [-0.2, 0) is 0 Å². The second kappa shape index (κ2) is 6.06. The van der Waals surface area contributed by atoms with Gasteiger partial charge < -0.3 is 5.11 Å². The van der Waals surface area contributed by atoms with E-state index in [2.05, 4.69) is 20.9 Å². The van der Waals surface area contributed by atoms with E-state index < -0.39 is 6.10 Å². The maximum absolute atomic E-state index is 9.76. The molecule has 2 rings (SSSR count). The fourth-order valence-corrected chi connectivity index (χ4v) is 3.27. The van der Waals surface area contributed by atoms with Crippen LogP contribution in [0.5, 0.6) is 0 Å². The van der Waals surface area contributed by atoms with Gasteiger partial charge in [-0.2, -0.15) is 0 Å². The average Bonchev–Trinajstić information content (AvgIpc) is 2.32. The van der Waals surface area contributed by atoms with Crippen molar-refractivity contribution in [3.63, 3.8) is 0 Å². The second-order valence-corrected chi connectivity index (χ2v) is 6.10. The van der Waals surface area contributed by atoms with Crippen molar-refractivity contribution < 1.29 is 5.11 Å². The average molecular weight is 345 g/mol. The lowest BCUT2D eigenvalue weighted by Crippen LogP contribution is -1.94. The first-order chi connectivity index (χ1) is 8.58. The van der Waals surface area contributed by atoms with E-state index in [0.717, 1.165) is 20.0 Å². The third-order valence-corrected chi connectivity index (χ3v) is 4.36. The van der Waals surface area contributed by atoms with E-state index in [1.807, 2.05) is 18.2 Å². The van der Waals surface area contributed by atoms with Crippen LogP contribution < -0.4 is 0 Å². The highest BCUT2D eigenvalue weighted by Crippen LogP contribution is 2.36. The highest BCUT2D eigenvalue weighted by molar-refractivity contribution is 9.10. The molecule has 18 heavy (non-hydrogen) atoms. The summed E-state index contributed by atoms with van der Waals surface area (Å²) in [7, 11) is 0. The molecule has 1 aromatic carbocycles. The summed E-state index contributed by atoms with van der Waals surface area (Å²) in [5.74, 6) is 0. The van der Waals surface area contributed by atoms with Gasteiger partial charge >= 0.3 is 0 Å². The fourth-order valence-electron chi connectivity index (χ4n) is 1.49. The summed E-state index contributed by atoms with van der Waals surface area (Å²) < 4.78 is 0.960. The zero-order valence-electron chi connectivity index (χ0n) is 9.60. The molecule has 0 saturated carbocycles.